The number of hydrogen-bond acceptors (Lipinski definition) is 7. The smallest absolute Gasteiger partial charge is 0.305 e. The Morgan fingerprint density at radius 1 is 0.434 bits per heavy atom. The van der Waals surface area contributed by atoms with Crippen molar-refractivity contribution in [2.45, 2.75) is 32.1 Å². The molecule has 9 nitrogen and oxygen atoms in total. The molecule has 10 heteroatoms. The van der Waals surface area contributed by atoms with Crippen LogP contribution in [0.25, 0.3) is 43.1 Å². The Morgan fingerprint density at radius 3 is 1.08 bits per heavy atom. The van der Waals surface area contributed by atoms with Crippen molar-refractivity contribution in [3.05, 3.63) is 288 Å². The van der Waals surface area contributed by atoms with Crippen LogP contribution in [0.15, 0.2) is 249 Å². The van der Waals surface area contributed by atoms with E-state index in [1.807, 2.05) is 190 Å². The van der Waals surface area contributed by atoms with E-state index in [1.165, 1.54) is 16.7 Å². The quantitative estimate of drug-likeness (QED) is 0.0236. The average molecular weight is 1000 g/mol. The number of pyridine rings is 2. The summed E-state index contributed by atoms with van der Waals surface area (Å²) in [6.07, 6.45) is 4.88. The number of rotatable bonds is 16. The Balaban J connectivity index is 0.000000139. The Labute approximate surface area is 443 Å². The topological polar surface area (TPSA) is 116 Å². The maximum Gasteiger partial charge on any atom is 0.305 e. The van der Waals surface area contributed by atoms with Gasteiger partial charge < -0.3 is 14.7 Å². The van der Waals surface area contributed by atoms with Crippen LogP contribution in [0.2, 0.25) is 0 Å². The van der Waals surface area contributed by atoms with E-state index in [-0.39, 0.29) is 23.6 Å². The lowest BCUT2D eigenvalue weighted by molar-refractivity contribution is -0.891. The van der Waals surface area contributed by atoms with Crippen molar-refractivity contribution in [2.75, 3.05) is 19.8 Å². The molecule has 0 aliphatic carbocycles. The molecule has 0 bridgehead atoms. The van der Waals surface area contributed by atoms with Crippen LogP contribution in [-0.2, 0) is 10.1 Å². The highest BCUT2D eigenvalue weighted by Crippen LogP contribution is 2.43. The zero-order valence-corrected chi connectivity index (χ0v) is 42.5. The second-order valence-electron chi connectivity index (χ2n) is 18.0. The van der Waals surface area contributed by atoms with Crippen LogP contribution in [0.1, 0.15) is 75.5 Å². The van der Waals surface area contributed by atoms with Crippen molar-refractivity contribution in [1.82, 2.24) is 0 Å². The predicted octanol–water partition coefficient (Wildman–Crippen LogP) is 10.4. The summed E-state index contributed by atoms with van der Waals surface area (Å²) in [5, 5.41) is 29.4. The Morgan fingerprint density at radius 2 is 0.750 bits per heavy atom. The number of benzene rings is 9. The van der Waals surface area contributed by atoms with E-state index in [2.05, 4.69) is 48.5 Å². The van der Waals surface area contributed by atoms with Crippen molar-refractivity contribution in [1.29, 1.82) is 0 Å². The largest absolute Gasteiger partial charge is 0.871 e. The number of carbonyl (C=O) groups is 2. The predicted molar refractivity (Wildman–Crippen MR) is 297 cm³/mol. The zero-order valence-electron chi connectivity index (χ0n) is 42.5. The van der Waals surface area contributed by atoms with Gasteiger partial charge in [-0.1, -0.05) is 188 Å². The molecule has 9 aromatic carbocycles. The molecule has 0 saturated carbocycles. The van der Waals surface area contributed by atoms with Crippen LogP contribution in [0.4, 0.5) is 0 Å². The number of fused-ring (bicyclic) bond motifs is 4. The molecule has 0 aliphatic heterocycles. The molecular weight excluding hydrogens is 944 g/mol. The van der Waals surface area contributed by atoms with Crippen LogP contribution >= 0.6 is 0 Å². The van der Waals surface area contributed by atoms with Crippen LogP contribution in [0.3, 0.4) is 0 Å². The van der Waals surface area contributed by atoms with E-state index in [9.17, 15) is 19.6 Å². The molecule has 0 radical (unpaired) electrons. The monoisotopic (exact) mass is 1000 g/mol. The summed E-state index contributed by atoms with van der Waals surface area (Å²) in [4.78, 5) is 38.1. The highest BCUT2D eigenvalue weighted by Gasteiger charge is 2.35. The van der Waals surface area contributed by atoms with Crippen LogP contribution < -0.4 is 29.2 Å². The van der Waals surface area contributed by atoms with Gasteiger partial charge >= 0.3 is 11.4 Å². The molecule has 2 heterocycles. The fourth-order valence-corrected chi connectivity index (χ4v) is 10.1. The van der Waals surface area contributed by atoms with E-state index in [0.717, 1.165) is 49.5 Å². The zero-order chi connectivity index (χ0) is 52.7. The molecular formula is C66H57BN2O7. The SMILES string of the molecule is CCO[n+]1ccccc1C(=O)c1c2ccccc2cc2ccccc12.CCO[n+]1ccccc1C(=O)c1c2ccccc2cc2ccccc12.[O-]B([O-])OCCCC(c1ccccc1)(c1ccccc1)c1ccccc1. The Kier molecular flexibility index (Phi) is 17.1. The third-order valence-corrected chi connectivity index (χ3v) is 13.4. The van der Waals surface area contributed by atoms with E-state index in [1.54, 1.807) is 34.0 Å². The molecule has 76 heavy (non-hydrogen) atoms. The van der Waals surface area contributed by atoms with Crippen molar-refractivity contribution >= 4 is 62.0 Å². The van der Waals surface area contributed by atoms with E-state index < -0.39 is 7.32 Å². The highest BCUT2D eigenvalue weighted by molar-refractivity contribution is 6.28. The lowest BCUT2D eigenvalue weighted by atomic mass is 9.67. The number of carbonyl (C=O) groups excluding carboxylic acids is 2. The Bertz CT molecular complexity index is 3340. The number of hydrogen-bond donors (Lipinski definition) is 0. The molecule has 0 amide bonds. The van der Waals surface area contributed by atoms with Gasteiger partial charge in [0.1, 0.15) is 0 Å². The fraction of sp³-hybridized carbons (Fsp3) is 0.121. The number of nitrogens with zero attached hydrogens (tertiary/aromatic N) is 2. The molecule has 2 aromatic heterocycles. The molecule has 0 fully saturated rings. The van der Waals surface area contributed by atoms with Gasteiger partial charge in [-0.05, 0) is 111 Å². The molecule has 0 spiro atoms. The van der Waals surface area contributed by atoms with Gasteiger partial charge in [0.2, 0.25) is 12.4 Å². The second-order valence-corrected chi connectivity index (χ2v) is 18.0. The van der Waals surface area contributed by atoms with Gasteiger partial charge in [-0.25, -0.2) is 0 Å². The van der Waals surface area contributed by atoms with Crippen LogP contribution in [0, 0.1) is 0 Å². The lowest BCUT2D eigenvalue weighted by Gasteiger charge is -2.37. The molecule has 0 aliphatic rings. The van der Waals surface area contributed by atoms with Gasteiger partial charge in [0, 0.05) is 56.9 Å². The molecule has 11 rings (SSSR count). The minimum Gasteiger partial charge on any atom is -0.871 e. The normalized spacial score (nSPS) is 11.1. The third-order valence-electron chi connectivity index (χ3n) is 13.4. The lowest BCUT2D eigenvalue weighted by Crippen LogP contribution is -2.48. The first-order valence-electron chi connectivity index (χ1n) is 25.6. The fourth-order valence-electron chi connectivity index (χ4n) is 10.1. The number of aromatic nitrogens is 2. The first-order chi connectivity index (χ1) is 37.3. The minimum atomic E-state index is -2.23. The first kappa shape index (κ1) is 52.1. The van der Waals surface area contributed by atoms with Gasteiger partial charge in [0.15, 0.2) is 13.2 Å². The van der Waals surface area contributed by atoms with Crippen molar-refractivity contribution in [3.63, 3.8) is 0 Å². The second kappa shape index (κ2) is 25.0. The summed E-state index contributed by atoms with van der Waals surface area (Å²) in [6, 6.07) is 78.3. The maximum absolute atomic E-state index is 13.5. The van der Waals surface area contributed by atoms with Crippen molar-refractivity contribution < 1.29 is 43.4 Å². The maximum atomic E-state index is 13.5. The summed E-state index contributed by atoms with van der Waals surface area (Å²) in [7, 11) is -2.23. The summed E-state index contributed by atoms with van der Waals surface area (Å²) >= 11 is 0. The number of ketones is 2. The summed E-state index contributed by atoms with van der Waals surface area (Å²) in [5.41, 5.74) is 5.64. The molecule has 0 N–H and O–H groups in total. The minimum absolute atomic E-state index is 0.0398. The van der Waals surface area contributed by atoms with E-state index >= 15 is 0 Å². The van der Waals surface area contributed by atoms with Crippen molar-refractivity contribution in [2.24, 2.45) is 0 Å². The molecule has 0 unspecified atom stereocenters. The van der Waals surface area contributed by atoms with Gasteiger partial charge in [-0.15, -0.1) is 0 Å². The van der Waals surface area contributed by atoms with Crippen molar-refractivity contribution in [3.8, 4) is 0 Å². The molecule has 376 valence electrons. The molecule has 0 atom stereocenters. The summed E-state index contributed by atoms with van der Waals surface area (Å²) < 4.78 is 7.84. The summed E-state index contributed by atoms with van der Waals surface area (Å²) in [5.74, 6) is -0.0795. The molecule has 11 aromatic rings. The van der Waals surface area contributed by atoms with Gasteiger partial charge in [0.25, 0.3) is 11.6 Å². The Hall–Kier alpha value is -8.80. The van der Waals surface area contributed by atoms with E-state index in [0.29, 0.717) is 42.1 Å². The third kappa shape index (κ3) is 11.5. The van der Waals surface area contributed by atoms with Crippen LogP contribution in [-0.4, -0.2) is 38.7 Å². The summed E-state index contributed by atoms with van der Waals surface area (Å²) in [6.45, 7) is 4.95. The average Bonchev–Trinajstić information content (AvgIpc) is 3.47. The van der Waals surface area contributed by atoms with Gasteiger partial charge in [-0.2, -0.15) is 0 Å². The van der Waals surface area contributed by atoms with Gasteiger partial charge in [0.05, 0.1) is 7.32 Å². The molecule has 0 saturated heterocycles. The first-order valence-corrected chi connectivity index (χ1v) is 25.6. The highest BCUT2D eigenvalue weighted by atomic mass is 16.7. The van der Waals surface area contributed by atoms with E-state index in [4.69, 9.17) is 14.3 Å². The van der Waals surface area contributed by atoms with Crippen LogP contribution in [0.5, 0.6) is 0 Å². The standard InChI is InChI=1S/C22H21BO3.2C22H18NO2/c24-23(25)26-18-10-17-22(19-11-4-1-5-12-19,20-13-6-2-7-14-20)21-15-8-3-9-16-21;2*1-2-25-23-14-8-7-13-20(23)22(24)21-18-11-5-3-9-16(18)15-17-10-4-6-12-19(17)21/h1-9,11-16H,10,17-18H2;2*3-15H,2H2,1H3/q-2;2*+1. The van der Waals surface area contributed by atoms with Gasteiger partial charge in [-0.3, -0.25) is 19.3 Å².